The van der Waals surface area contributed by atoms with Crippen LogP contribution in [0.2, 0.25) is 0 Å². The van der Waals surface area contributed by atoms with E-state index in [1.165, 1.54) is 54.5 Å². The largest absolute Gasteiger partial charge is 0.307 e. The zero-order valence-electron chi connectivity index (χ0n) is 25.2. The minimum atomic E-state index is 1.13. The molecular formula is C44H30N2. The Bertz CT molecular complexity index is 2480. The Morgan fingerprint density at radius 1 is 0.348 bits per heavy atom. The topological polar surface area (TPSA) is 8.17 Å². The van der Waals surface area contributed by atoms with Gasteiger partial charge in [0.1, 0.15) is 0 Å². The zero-order valence-corrected chi connectivity index (χ0v) is 25.2. The highest BCUT2D eigenvalue weighted by Gasteiger charge is 2.25. The van der Waals surface area contributed by atoms with Gasteiger partial charge in [-0.3, -0.25) is 0 Å². The lowest BCUT2D eigenvalue weighted by Gasteiger charge is -2.32. The Morgan fingerprint density at radius 3 is 1.61 bits per heavy atom. The highest BCUT2D eigenvalue weighted by atomic mass is 15.2. The minimum absolute atomic E-state index is 1.13. The molecule has 0 spiro atoms. The van der Waals surface area contributed by atoms with E-state index in [2.05, 4.69) is 191 Å². The SMILES string of the molecule is c1ccc(-c2ccccc2N(c2cccc3ccccc23)c2c(-n3c4ccccc4c4ccccc43)ccc3ccccc23)cc1. The van der Waals surface area contributed by atoms with Gasteiger partial charge in [-0.25, -0.2) is 0 Å². The number of benzene rings is 8. The van der Waals surface area contributed by atoms with Crippen LogP contribution in [0.15, 0.2) is 182 Å². The molecule has 0 unspecified atom stereocenters. The molecule has 0 aliphatic heterocycles. The molecule has 8 aromatic carbocycles. The number of hydrogen-bond donors (Lipinski definition) is 0. The smallest absolute Gasteiger partial charge is 0.0781 e. The van der Waals surface area contributed by atoms with Crippen LogP contribution in [-0.4, -0.2) is 4.57 Å². The van der Waals surface area contributed by atoms with Crippen molar-refractivity contribution in [3.05, 3.63) is 182 Å². The molecule has 9 rings (SSSR count). The maximum Gasteiger partial charge on any atom is 0.0781 e. The monoisotopic (exact) mass is 586 g/mol. The molecule has 1 aromatic heterocycles. The molecule has 2 heteroatoms. The van der Waals surface area contributed by atoms with Crippen LogP contribution in [0, 0.1) is 0 Å². The van der Waals surface area contributed by atoms with Crippen molar-refractivity contribution in [1.82, 2.24) is 4.57 Å². The summed E-state index contributed by atoms with van der Waals surface area (Å²) < 4.78 is 2.45. The van der Waals surface area contributed by atoms with E-state index >= 15 is 0 Å². The van der Waals surface area contributed by atoms with Crippen molar-refractivity contribution < 1.29 is 0 Å². The van der Waals surface area contributed by atoms with Crippen molar-refractivity contribution in [1.29, 1.82) is 0 Å². The summed E-state index contributed by atoms with van der Waals surface area (Å²) in [5.74, 6) is 0. The van der Waals surface area contributed by atoms with Crippen molar-refractivity contribution in [2.45, 2.75) is 0 Å². The van der Waals surface area contributed by atoms with E-state index in [1.54, 1.807) is 0 Å². The molecule has 0 N–H and O–H groups in total. The number of para-hydroxylation sites is 3. The summed E-state index contributed by atoms with van der Waals surface area (Å²) >= 11 is 0. The van der Waals surface area contributed by atoms with Gasteiger partial charge in [0.05, 0.1) is 33.8 Å². The van der Waals surface area contributed by atoms with Crippen LogP contribution in [0.5, 0.6) is 0 Å². The Labute approximate surface area is 268 Å². The molecule has 0 saturated heterocycles. The molecular weight excluding hydrogens is 556 g/mol. The van der Waals surface area contributed by atoms with Gasteiger partial charge in [0.15, 0.2) is 0 Å². The van der Waals surface area contributed by atoms with Gasteiger partial charge in [0.2, 0.25) is 0 Å². The molecule has 2 nitrogen and oxygen atoms in total. The first-order chi connectivity index (χ1) is 22.9. The molecule has 46 heavy (non-hydrogen) atoms. The molecule has 0 aliphatic carbocycles. The number of nitrogens with zero attached hydrogens (tertiary/aromatic N) is 2. The number of fused-ring (bicyclic) bond motifs is 5. The Morgan fingerprint density at radius 2 is 0.870 bits per heavy atom. The van der Waals surface area contributed by atoms with Crippen LogP contribution < -0.4 is 4.90 Å². The zero-order chi connectivity index (χ0) is 30.5. The van der Waals surface area contributed by atoms with Crippen LogP contribution in [-0.2, 0) is 0 Å². The Balaban J connectivity index is 1.47. The highest BCUT2D eigenvalue weighted by molar-refractivity contribution is 6.13. The van der Waals surface area contributed by atoms with Gasteiger partial charge < -0.3 is 9.47 Å². The number of hydrogen-bond acceptors (Lipinski definition) is 1. The van der Waals surface area contributed by atoms with Crippen molar-refractivity contribution in [3.8, 4) is 16.8 Å². The summed E-state index contributed by atoms with van der Waals surface area (Å²) in [6, 6.07) is 65.8. The first-order valence-corrected chi connectivity index (χ1v) is 15.8. The third-order valence-corrected chi connectivity index (χ3v) is 9.16. The summed E-state index contributed by atoms with van der Waals surface area (Å²) in [6.07, 6.45) is 0. The van der Waals surface area contributed by atoms with Crippen molar-refractivity contribution >= 4 is 60.4 Å². The summed E-state index contributed by atoms with van der Waals surface area (Å²) in [5.41, 5.74) is 9.28. The van der Waals surface area contributed by atoms with E-state index in [1.807, 2.05) is 0 Å². The van der Waals surface area contributed by atoms with Gasteiger partial charge in [-0.1, -0.05) is 152 Å². The predicted octanol–water partition coefficient (Wildman–Crippen LogP) is 12.2. The average Bonchev–Trinajstić information content (AvgIpc) is 3.47. The normalized spacial score (nSPS) is 11.5. The lowest BCUT2D eigenvalue weighted by Crippen LogP contribution is -2.15. The molecule has 0 bridgehead atoms. The molecule has 0 aliphatic rings. The third-order valence-electron chi connectivity index (χ3n) is 9.16. The number of aromatic nitrogens is 1. The van der Waals surface area contributed by atoms with Crippen LogP contribution in [0.25, 0.3) is 60.2 Å². The first kappa shape index (κ1) is 26.3. The fourth-order valence-corrected chi connectivity index (χ4v) is 7.15. The maximum atomic E-state index is 2.51. The first-order valence-electron chi connectivity index (χ1n) is 15.8. The van der Waals surface area contributed by atoms with Crippen molar-refractivity contribution in [2.75, 3.05) is 4.90 Å². The van der Waals surface area contributed by atoms with E-state index < -0.39 is 0 Å². The predicted molar refractivity (Wildman–Crippen MR) is 196 cm³/mol. The average molecular weight is 587 g/mol. The lowest BCUT2D eigenvalue weighted by atomic mass is 9.98. The van der Waals surface area contributed by atoms with E-state index in [0.717, 1.165) is 22.7 Å². The second-order valence-corrected chi connectivity index (χ2v) is 11.7. The van der Waals surface area contributed by atoms with Gasteiger partial charge in [-0.2, -0.15) is 0 Å². The van der Waals surface area contributed by atoms with Crippen molar-refractivity contribution in [3.63, 3.8) is 0 Å². The van der Waals surface area contributed by atoms with Gasteiger partial charge in [0, 0.05) is 27.1 Å². The van der Waals surface area contributed by atoms with E-state index in [4.69, 9.17) is 0 Å². The van der Waals surface area contributed by atoms with Crippen LogP contribution in [0.4, 0.5) is 17.1 Å². The summed E-state index contributed by atoms with van der Waals surface area (Å²) in [5, 5.41) is 7.30. The second kappa shape index (κ2) is 10.8. The quantitative estimate of drug-likeness (QED) is 0.195. The van der Waals surface area contributed by atoms with Gasteiger partial charge in [-0.05, 0) is 46.7 Å². The van der Waals surface area contributed by atoms with E-state index in [0.29, 0.717) is 0 Å². The molecule has 0 atom stereocenters. The van der Waals surface area contributed by atoms with Gasteiger partial charge in [0.25, 0.3) is 0 Å². The highest BCUT2D eigenvalue weighted by Crippen LogP contribution is 2.49. The molecule has 0 fully saturated rings. The fraction of sp³-hybridized carbons (Fsp3) is 0. The van der Waals surface area contributed by atoms with E-state index in [-0.39, 0.29) is 0 Å². The molecule has 9 aromatic rings. The van der Waals surface area contributed by atoms with Crippen molar-refractivity contribution in [2.24, 2.45) is 0 Å². The number of anilines is 3. The van der Waals surface area contributed by atoms with E-state index in [9.17, 15) is 0 Å². The third kappa shape index (κ3) is 4.12. The fourth-order valence-electron chi connectivity index (χ4n) is 7.15. The van der Waals surface area contributed by atoms with Gasteiger partial charge >= 0.3 is 0 Å². The lowest BCUT2D eigenvalue weighted by molar-refractivity contribution is 1.16. The standard InChI is InChI=1S/C44H30N2/c1-2-15-31(16-3-1)34-21-8-11-25-39(34)46(40-28-14-19-32-17-4-6-20-35(32)40)44-36-22-7-5-18-33(36)29-30-43(44)45-41-26-12-9-23-37(41)38-24-10-13-27-42(38)45/h1-30H. The molecule has 216 valence electrons. The summed E-state index contributed by atoms with van der Waals surface area (Å²) in [7, 11) is 0. The van der Waals surface area contributed by atoms with Crippen LogP contribution in [0.3, 0.4) is 0 Å². The van der Waals surface area contributed by atoms with Crippen LogP contribution >= 0.6 is 0 Å². The minimum Gasteiger partial charge on any atom is -0.307 e. The Kier molecular flexibility index (Phi) is 6.17. The summed E-state index contributed by atoms with van der Waals surface area (Å²) in [4.78, 5) is 2.51. The molecule has 0 radical (unpaired) electrons. The maximum absolute atomic E-state index is 2.51. The van der Waals surface area contributed by atoms with Crippen LogP contribution in [0.1, 0.15) is 0 Å². The molecule has 0 saturated carbocycles. The Hall–Kier alpha value is -6.12. The van der Waals surface area contributed by atoms with Gasteiger partial charge in [-0.15, -0.1) is 0 Å². The molecule has 1 heterocycles. The molecule has 0 amide bonds. The summed E-state index contributed by atoms with van der Waals surface area (Å²) in [6.45, 7) is 0. The second-order valence-electron chi connectivity index (χ2n) is 11.7. The number of rotatable bonds is 5.